The molecule has 0 saturated heterocycles. The lowest BCUT2D eigenvalue weighted by Gasteiger charge is -2.29. The number of aliphatic hydroxyl groups is 1. The Morgan fingerprint density at radius 2 is 1.74 bits per heavy atom. The molecule has 1 unspecified atom stereocenters. The number of esters is 1. The van der Waals surface area contributed by atoms with Gasteiger partial charge in [0.05, 0.1) is 6.61 Å². The van der Waals surface area contributed by atoms with Crippen LogP contribution in [-0.2, 0) is 9.53 Å². The number of rotatable bonds is 14. The van der Waals surface area contributed by atoms with Crippen LogP contribution in [0.3, 0.4) is 0 Å². The monoisotopic (exact) mass is 428 g/mol. The summed E-state index contributed by atoms with van der Waals surface area (Å²) in [6.45, 7) is 8.23. The normalized spacial score (nSPS) is 19.7. The van der Waals surface area contributed by atoms with Gasteiger partial charge in [0.25, 0.3) is 0 Å². The molecule has 1 aromatic carbocycles. The summed E-state index contributed by atoms with van der Waals surface area (Å²) in [5.41, 5.74) is 3.28. The highest BCUT2D eigenvalue weighted by molar-refractivity contribution is 5.86. The fourth-order valence-electron chi connectivity index (χ4n) is 4.94. The molecule has 0 radical (unpaired) electrons. The molecule has 1 aliphatic carbocycles. The van der Waals surface area contributed by atoms with Gasteiger partial charge in [0.15, 0.2) is 0 Å². The Morgan fingerprint density at radius 3 is 2.35 bits per heavy atom. The van der Waals surface area contributed by atoms with Crippen LogP contribution in [0, 0.1) is 5.92 Å². The molecule has 0 amide bonds. The van der Waals surface area contributed by atoms with Gasteiger partial charge in [-0.2, -0.15) is 0 Å². The zero-order valence-corrected chi connectivity index (χ0v) is 19.9. The van der Waals surface area contributed by atoms with E-state index in [1.54, 1.807) is 6.92 Å². The third-order valence-electron chi connectivity index (χ3n) is 6.93. The average Bonchev–Trinajstić information content (AvgIpc) is 2.79. The third-order valence-corrected chi connectivity index (χ3v) is 6.93. The van der Waals surface area contributed by atoms with Gasteiger partial charge in [-0.3, -0.25) is 0 Å². The van der Waals surface area contributed by atoms with Crippen molar-refractivity contribution >= 4 is 5.97 Å². The molecule has 1 aromatic rings. The van der Waals surface area contributed by atoms with E-state index in [1.165, 1.54) is 62.5 Å². The minimum absolute atomic E-state index is 0.223. The highest BCUT2D eigenvalue weighted by Crippen LogP contribution is 2.38. The lowest BCUT2D eigenvalue weighted by atomic mass is 9.76. The number of ether oxygens (including phenoxy) is 1. The largest absolute Gasteiger partial charge is 0.462 e. The summed E-state index contributed by atoms with van der Waals surface area (Å²) >= 11 is 0. The first kappa shape index (κ1) is 25.6. The van der Waals surface area contributed by atoms with Crippen LogP contribution in [0.25, 0.3) is 0 Å². The molecular weight excluding hydrogens is 384 g/mol. The van der Waals surface area contributed by atoms with Crippen LogP contribution in [0.4, 0.5) is 0 Å². The van der Waals surface area contributed by atoms with Crippen molar-refractivity contribution in [1.29, 1.82) is 0 Å². The Bertz CT molecular complexity index is 641. The number of unbranched alkanes of at least 4 members (excludes halogenated alkanes) is 2. The minimum atomic E-state index is -0.309. The van der Waals surface area contributed by atoms with E-state index in [2.05, 4.69) is 37.8 Å². The topological polar surface area (TPSA) is 46.5 Å². The van der Waals surface area contributed by atoms with Crippen LogP contribution >= 0.6 is 0 Å². The van der Waals surface area contributed by atoms with Crippen LogP contribution in [0.2, 0.25) is 0 Å². The maximum absolute atomic E-state index is 11.5. The predicted octanol–water partition coefficient (Wildman–Crippen LogP) is 7.30. The fourth-order valence-corrected chi connectivity index (χ4v) is 4.94. The van der Waals surface area contributed by atoms with Gasteiger partial charge in [0, 0.05) is 12.2 Å². The van der Waals surface area contributed by atoms with Crippen molar-refractivity contribution < 1.29 is 14.6 Å². The first-order valence-corrected chi connectivity index (χ1v) is 12.6. The molecular formula is C28H44O3. The number of benzene rings is 1. The lowest BCUT2D eigenvalue weighted by molar-refractivity contribution is -0.139. The van der Waals surface area contributed by atoms with Crippen molar-refractivity contribution in [2.75, 3.05) is 13.2 Å². The summed E-state index contributed by atoms with van der Waals surface area (Å²) in [5, 5.41) is 9.29. The van der Waals surface area contributed by atoms with Gasteiger partial charge in [-0.1, -0.05) is 63.5 Å². The van der Waals surface area contributed by atoms with Crippen molar-refractivity contribution in [2.24, 2.45) is 5.92 Å². The molecule has 1 N–H and O–H groups in total. The second-order valence-corrected chi connectivity index (χ2v) is 9.50. The molecule has 0 heterocycles. The molecule has 1 saturated carbocycles. The first-order chi connectivity index (χ1) is 15.0. The molecule has 1 fully saturated rings. The van der Waals surface area contributed by atoms with Gasteiger partial charge in [-0.25, -0.2) is 4.79 Å². The van der Waals surface area contributed by atoms with E-state index in [0.29, 0.717) is 24.0 Å². The van der Waals surface area contributed by atoms with Crippen molar-refractivity contribution in [1.82, 2.24) is 0 Å². The van der Waals surface area contributed by atoms with Gasteiger partial charge >= 0.3 is 5.97 Å². The summed E-state index contributed by atoms with van der Waals surface area (Å²) in [6.07, 6.45) is 14.5. The molecule has 1 aliphatic rings. The lowest BCUT2D eigenvalue weighted by Crippen LogP contribution is -2.13. The van der Waals surface area contributed by atoms with E-state index in [4.69, 9.17) is 4.74 Å². The van der Waals surface area contributed by atoms with Crippen LogP contribution in [0.1, 0.15) is 114 Å². The van der Waals surface area contributed by atoms with Crippen LogP contribution in [0.15, 0.2) is 36.4 Å². The highest BCUT2D eigenvalue weighted by Gasteiger charge is 2.22. The van der Waals surface area contributed by atoms with Crippen LogP contribution in [0.5, 0.6) is 0 Å². The van der Waals surface area contributed by atoms with Gasteiger partial charge < -0.3 is 9.84 Å². The Labute approximate surface area is 190 Å². The van der Waals surface area contributed by atoms with Gasteiger partial charge in [0.1, 0.15) is 0 Å². The SMILES string of the molecule is C=C(C)C(=O)OCCCC(CCCO)c1ccc(C2CCC(CCCCC)CC2)cc1. The van der Waals surface area contributed by atoms with Gasteiger partial charge in [-0.05, 0) is 87.2 Å². The van der Waals surface area contributed by atoms with Crippen LogP contribution < -0.4 is 0 Å². The molecule has 3 nitrogen and oxygen atoms in total. The smallest absolute Gasteiger partial charge is 0.333 e. The number of aliphatic hydroxyl groups excluding tert-OH is 1. The van der Waals surface area contributed by atoms with E-state index in [0.717, 1.165) is 31.6 Å². The Morgan fingerprint density at radius 1 is 1.06 bits per heavy atom. The Hall–Kier alpha value is -1.61. The van der Waals surface area contributed by atoms with E-state index in [-0.39, 0.29) is 12.6 Å². The van der Waals surface area contributed by atoms with E-state index < -0.39 is 0 Å². The molecule has 0 aliphatic heterocycles. The molecule has 0 aromatic heterocycles. The number of carbonyl (C=O) groups is 1. The fraction of sp³-hybridized carbons (Fsp3) is 0.679. The summed E-state index contributed by atoms with van der Waals surface area (Å²) in [7, 11) is 0. The molecule has 174 valence electrons. The summed E-state index contributed by atoms with van der Waals surface area (Å²) < 4.78 is 5.24. The van der Waals surface area contributed by atoms with Crippen LogP contribution in [-0.4, -0.2) is 24.3 Å². The number of hydrogen-bond donors (Lipinski definition) is 1. The van der Waals surface area contributed by atoms with E-state index in [9.17, 15) is 9.90 Å². The second kappa shape index (κ2) is 14.5. The maximum atomic E-state index is 11.5. The molecule has 0 spiro atoms. The van der Waals surface area contributed by atoms with E-state index in [1.807, 2.05) is 0 Å². The molecule has 2 rings (SSSR count). The molecule has 0 bridgehead atoms. The quantitative estimate of drug-likeness (QED) is 0.192. The van der Waals surface area contributed by atoms with Crippen molar-refractivity contribution in [3.8, 4) is 0 Å². The van der Waals surface area contributed by atoms with Gasteiger partial charge in [0.2, 0.25) is 0 Å². The molecule has 3 heteroatoms. The average molecular weight is 429 g/mol. The number of hydrogen-bond acceptors (Lipinski definition) is 3. The predicted molar refractivity (Wildman–Crippen MR) is 129 cm³/mol. The van der Waals surface area contributed by atoms with E-state index >= 15 is 0 Å². The second-order valence-electron chi connectivity index (χ2n) is 9.50. The standard InChI is InChI=1S/C28H44O3/c1-4-5-6-9-23-12-14-25(15-13-23)27-18-16-26(17-19-27)24(10-7-20-29)11-8-21-31-28(30)22(2)3/h16-19,23-25,29H,2,4-15,20-21H2,1,3H3. The first-order valence-electron chi connectivity index (χ1n) is 12.6. The highest BCUT2D eigenvalue weighted by atomic mass is 16.5. The zero-order chi connectivity index (χ0) is 22.5. The summed E-state index contributed by atoms with van der Waals surface area (Å²) in [6, 6.07) is 9.27. The minimum Gasteiger partial charge on any atom is -0.462 e. The van der Waals surface area contributed by atoms with Gasteiger partial charge in [-0.15, -0.1) is 0 Å². The molecule has 1 atom stereocenters. The Balaban J connectivity index is 1.84. The zero-order valence-electron chi connectivity index (χ0n) is 19.9. The number of carbonyl (C=O) groups excluding carboxylic acids is 1. The summed E-state index contributed by atoms with van der Waals surface area (Å²) in [5.74, 6) is 1.76. The summed E-state index contributed by atoms with van der Waals surface area (Å²) in [4.78, 5) is 11.5. The van der Waals surface area contributed by atoms with Crippen molar-refractivity contribution in [3.63, 3.8) is 0 Å². The van der Waals surface area contributed by atoms with Crippen molar-refractivity contribution in [3.05, 3.63) is 47.5 Å². The Kier molecular flexibility index (Phi) is 12.0. The third kappa shape index (κ3) is 9.19. The maximum Gasteiger partial charge on any atom is 0.333 e. The molecule has 31 heavy (non-hydrogen) atoms. The van der Waals surface area contributed by atoms with Crippen molar-refractivity contribution in [2.45, 2.75) is 103 Å².